The number of nitrogens with two attached hydrogens (primary N) is 1. The average molecular weight is 406 g/mol. The number of rotatable bonds is 4. The van der Waals surface area contributed by atoms with Crippen molar-refractivity contribution < 1.29 is 13.2 Å². The molecule has 3 nitrogen and oxygen atoms in total. The first-order valence-corrected chi connectivity index (χ1v) is 9.37. The minimum Gasteiger partial charge on any atom is -0.384 e. The van der Waals surface area contributed by atoms with E-state index in [9.17, 15) is 13.2 Å². The molecular weight excluding hydrogens is 387 g/mol. The molecule has 1 aromatic heterocycles. The van der Waals surface area contributed by atoms with E-state index in [1.54, 1.807) is 6.07 Å². The number of pyridine rings is 1. The van der Waals surface area contributed by atoms with Crippen LogP contribution < -0.4 is 11.1 Å². The Bertz CT molecular complexity index is 999. The Morgan fingerprint density at radius 3 is 2.46 bits per heavy atom. The van der Waals surface area contributed by atoms with E-state index in [0.29, 0.717) is 22.6 Å². The predicted molar refractivity (Wildman–Crippen MR) is 106 cm³/mol. The van der Waals surface area contributed by atoms with E-state index in [1.165, 1.54) is 12.1 Å². The third-order valence-corrected chi connectivity index (χ3v) is 5.61. The first kappa shape index (κ1) is 19.0. The normalized spacial score (nSPS) is 22.1. The molecule has 2 aromatic carbocycles. The molecule has 28 heavy (non-hydrogen) atoms. The zero-order valence-corrected chi connectivity index (χ0v) is 15.7. The van der Waals surface area contributed by atoms with Crippen molar-refractivity contribution in [1.29, 1.82) is 0 Å². The molecule has 1 heterocycles. The van der Waals surface area contributed by atoms with Crippen LogP contribution >= 0.6 is 11.6 Å². The van der Waals surface area contributed by atoms with Crippen LogP contribution in [-0.2, 0) is 11.6 Å². The fourth-order valence-corrected chi connectivity index (χ4v) is 4.14. The molecule has 1 saturated carbocycles. The molecule has 1 aliphatic rings. The van der Waals surface area contributed by atoms with Crippen molar-refractivity contribution in [3.8, 4) is 0 Å². The lowest BCUT2D eigenvalue weighted by Gasteiger charge is -2.47. The number of anilines is 1. The van der Waals surface area contributed by atoms with E-state index in [1.807, 2.05) is 30.3 Å². The molecule has 0 radical (unpaired) electrons. The van der Waals surface area contributed by atoms with Crippen molar-refractivity contribution in [1.82, 2.24) is 4.98 Å². The lowest BCUT2D eigenvalue weighted by molar-refractivity contribution is -0.140. The summed E-state index contributed by atoms with van der Waals surface area (Å²) in [7, 11) is 0. The molecule has 3 aromatic rings. The lowest BCUT2D eigenvalue weighted by atomic mass is 9.61. The summed E-state index contributed by atoms with van der Waals surface area (Å²) in [5.74, 6) is 0. The SMILES string of the molecule is NC1CC(CNc2cc(C(F)(F)F)nc3ccc(Cl)cc23)(c2ccccc2)C1. The van der Waals surface area contributed by atoms with Crippen molar-refractivity contribution in [3.05, 3.63) is 70.9 Å². The van der Waals surface area contributed by atoms with Gasteiger partial charge in [-0.15, -0.1) is 0 Å². The lowest BCUT2D eigenvalue weighted by Crippen LogP contribution is -2.53. The van der Waals surface area contributed by atoms with Gasteiger partial charge in [-0.25, -0.2) is 4.98 Å². The van der Waals surface area contributed by atoms with E-state index in [4.69, 9.17) is 17.3 Å². The Morgan fingerprint density at radius 1 is 1.11 bits per heavy atom. The van der Waals surface area contributed by atoms with Gasteiger partial charge in [-0.1, -0.05) is 41.9 Å². The molecule has 0 bridgehead atoms. The summed E-state index contributed by atoms with van der Waals surface area (Å²) in [4.78, 5) is 3.75. The molecule has 0 spiro atoms. The molecular formula is C21H19ClF3N3. The third-order valence-electron chi connectivity index (χ3n) is 5.37. The van der Waals surface area contributed by atoms with E-state index in [2.05, 4.69) is 10.3 Å². The summed E-state index contributed by atoms with van der Waals surface area (Å²) >= 11 is 6.07. The van der Waals surface area contributed by atoms with Gasteiger partial charge >= 0.3 is 6.18 Å². The fraction of sp³-hybridized carbons (Fsp3) is 0.286. The number of fused-ring (bicyclic) bond motifs is 1. The Hall–Kier alpha value is -2.31. The van der Waals surface area contributed by atoms with Gasteiger partial charge in [0.15, 0.2) is 0 Å². The molecule has 0 aliphatic heterocycles. The zero-order chi connectivity index (χ0) is 19.9. The van der Waals surface area contributed by atoms with Gasteiger partial charge in [0.2, 0.25) is 0 Å². The van der Waals surface area contributed by atoms with Crippen molar-refractivity contribution in [2.24, 2.45) is 5.73 Å². The van der Waals surface area contributed by atoms with Gasteiger partial charge < -0.3 is 11.1 Å². The van der Waals surface area contributed by atoms with Crippen LogP contribution in [0.2, 0.25) is 5.02 Å². The molecule has 0 atom stereocenters. The summed E-state index contributed by atoms with van der Waals surface area (Å²) in [6.07, 6.45) is -2.97. The van der Waals surface area contributed by atoms with Crippen LogP contribution in [0.25, 0.3) is 10.9 Å². The standard InChI is InChI=1S/C21H19ClF3N3/c22-14-6-7-17-16(8-14)18(9-19(28-17)21(23,24)25)27-12-20(10-15(26)11-20)13-4-2-1-3-5-13/h1-9,15H,10-12,26H2,(H,27,28). The molecule has 1 aliphatic carbocycles. The number of hydrogen-bond acceptors (Lipinski definition) is 3. The Labute approximate surface area is 165 Å². The van der Waals surface area contributed by atoms with Crippen molar-refractivity contribution in [2.45, 2.75) is 30.5 Å². The van der Waals surface area contributed by atoms with Gasteiger partial charge in [0, 0.05) is 34.1 Å². The second-order valence-electron chi connectivity index (χ2n) is 7.38. The summed E-state index contributed by atoms with van der Waals surface area (Å²) in [6, 6.07) is 15.8. The first-order chi connectivity index (χ1) is 13.3. The molecule has 3 N–H and O–H groups in total. The largest absolute Gasteiger partial charge is 0.433 e. The number of benzene rings is 2. The second-order valence-corrected chi connectivity index (χ2v) is 7.82. The van der Waals surface area contributed by atoms with Gasteiger partial charge in [0.1, 0.15) is 5.69 Å². The molecule has 7 heteroatoms. The first-order valence-electron chi connectivity index (χ1n) is 8.99. The molecule has 0 saturated heterocycles. The highest BCUT2D eigenvalue weighted by Crippen LogP contribution is 2.43. The average Bonchev–Trinajstić information content (AvgIpc) is 2.64. The van der Waals surface area contributed by atoms with E-state index in [0.717, 1.165) is 24.5 Å². The molecule has 146 valence electrons. The molecule has 0 amide bonds. The number of hydrogen-bond donors (Lipinski definition) is 2. The minimum absolute atomic E-state index is 0.0939. The third kappa shape index (κ3) is 3.54. The van der Waals surface area contributed by atoms with Gasteiger partial charge in [-0.3, -0.25) is 0 Å². The van der Waals surface area contributed by atoms with Crippen LogP contribution in [0.4, 0.5) is 18.9 Å². The number of halogens is 4. The molecule has 0 unspecified atom stereocenters. The van der Waals surface area contributed by atoms with Crippen molar-refractivity contribution in [2.75, 3.05) is 11.9 Å². The van der Waals surface area contributed by atoms with Crippen molar-refractivity contribution in [3.63, 3.8) is 0 Å². The summed E-state index contributed by atoms with van der Waals surface area (Å²) in [6.45, 7) is 0.480. The minimum atomic E-state index is -4.53. The van der Waals surface area contributed by atoms with Crippen LogP contribution in [0.1, 0.15) is 24.1 Å². The number of alkyl halides is 3. The van der Waals surface area contributed by atoms with Gasteiger partial charge in [0.05, 0.1) is 5.52 Å². The van der Waals surface area contributed by atoms with Crippen LogP contribution in [0.3, 0.4) is 0 Å². The van der Waals surface area contributed by atoms with E-state index >= 15 is 0 Å². The van der Waals surface area contributed by atoms with Gasteiger partial charge in [-0.05, 0) is 42.7 Å². The van der Waals surface area contributed by atoms with Gasteiger partial charge in [0.25, 0.3) is 0 Å². The molecule has 4 rings (SSSR count). The zero-order valence-electron chi connectivity index (χ0n) is 14.9. The Kier molecular flexibility index (Phi) is 4.71. The van der Waals surface area contributed by atoms with E-state index in [-0.39, 0.29) is 17.0 Å². The van der Waals surface area contributed by atoms with Crippen LogP contribution in [0.5, 0.6) is 0 Å². The van der Waals surface area contributed by atoms with Crippen LogP contribution in [-0.4, -0.2) is 17.6 Å². The monoisotopic (exact) mass is 405 g/mol. The maximum Gasteiger partial charge on any atom is 0.433 e. The number of nitrogens with zero attached hydrogens (tertiary/aromatic N) is 1. The quantitative estimate of drug-likeness (QED) is 0.612. The second kappa shape index (κ2) is 6.94. The predicted octanol–water partition coefficient (Wildman–Crippen LogP) is 5.38. The summed E-state index contributed by atoms with van der Waals surface area (Å²) in [5.41, 5.74) is 6.68. The molecule has 1 fully saturated rings. The highest BCUT2D eigenvalue weighted by Gasteiger charge is 2.43. The van der Waals surface area contributed by atoms with Gasteiger partial charge in [-0.2, -0.15) is 13.2 Å². The van der Waals surface area contributed by atoms with Crippen LogP contribution in [0, 0.1) is 0 Å². The van der Waals surface area contributed by atoms with Crippen molar-refractivity contribution >= 4 is 28.2 Å². The summed E-state index contributed by atoms with van der Waals surface area (Å²) < 4.78 is 39.9. The number of aromatic nitrogens is 1. The van der Waals surface area contributed by atoms with Crippen LogP contribution in [0.15, 0.2) is 54.6 Å². The topological polar surface area (TPSA) is 50.9 Å². The Balaban J connectivity index is 1.71. The van der Waals surface area contributed by atoms with E-state index < -0.39 is 11.9 Å². The smallest absolute Gasteiger partial charge is 0.384 e. The fourth-order valence-electron chi connectivity index (χ4n) is 3.97. The highest BCUT2D eigenvalue weighted by molar-refractivity contribution is 6.31. The highest BCUT2D eigenvalue weighted by atomic mass is 35.5. The Morgan fingerprint density at radius 2 is 1.82 bits per heavy atom. The maximum absolute atomic E-state index is 13.3. The number of nitrogens with one attached hydrogen (secondary N) is 1. The maximum atomic E-state index is 13.3. The summed E-state index contributed by atoms with van der Waals surface area (Å²) in [5, 5.41) is 4.24.